The van der Waals surface area contributed by atoms with Crippen molar-refractivity contribution in [2.75, 3.05) is 24.4 Å². The van der Waals surface area contributed by atoms with E-state index < -0.39 is 0 Å². The summed E-state index contributed by atoms with van der Waals surface area (Å²) in [4.78, 5) is 18.5. The van der Waals surface area contributed by atoms with Crippen LogP contribution in [-0.2, 0) is 0 Å². The minimum atomic E-state index is -0.329. The van der Waals surface area contributed by atoms with Crippen LogP contribution in [0.2, 0.25) is 0 Å². The first-order valence-corrected chi connectivity index (χ1v) is 9.10. The van der Waals surface area contributed by atoms with E-state index >= 15 is 0 Å². The van der Waals surface area contributed by atoms with Gasteiger partial charge in [-0.05, 0) is 23.8 Å². The molecule has 2 amide bonds. The van der Waals surface area contributed by atoms with E-state index in [-0.39, 0.29) is 6.03 Å². The highest BCUT2D eigenvalue weighted by Gasteiger charge is 2.18. The lowest BCUT2D eigenvalue weighted by Gasteiger charge is -2.13. The van der Waals surface area contributed by atoms with Gasteiger partial charge in [0, 0.05) is 18.7 Å². The summed E-state index contributed by atoms with van der Waals surface area (Å²) in [6.45, 7) is 0. The van der Waals surface area contributed by atoms with Crippen molar-refractivity contribution < 1.29 is 13.9 Å². The number of methoxy groups -OCH3 is 1. The summed E-state index contributed by atoms with van der Waals surface area (Å²) >= 11 is 1.41. The molecule has 7 heteroatoms. The summed E-state index contributed by atoms with van der Waals surface area (Å²) in [5.74, 6) is 1.12. The molecule has 2 aromatic heterocycles. The normalized spacial score (nSPS) is 10.7. The van der Waals surface area contributed by atoms with Crippen LogP contribution < -0.4 is 15.0 Å². The Morgan fingerprint density at radius 3 is 2.67 bits per heavy atom. The van der Waals surface area contributed by atoms with Gasteiger partial charge in [-0.3, -0.25) is 10.2 Å². The number of aromatic nitrogens is 1. The lowest BCUT2D eigenvalue weighted by atomic mass is 10.1. The Balaban J connectivity index is 1.71. The van der Waals surface area contributed by atoms with Gasteiger partial charge in [-0.2, -0.15) is 0 Å². The number of hydrogen-bond donors (Lipinski definition) is 1. The zero-order chi connectivity index (χ0) is 18.8. The highest BCUT2D eigenvalue weighted by atomic mass is 32.1. The first-order chi connectivity index (χ1) is 13.2. The van der Waals surface area contributed by atoms with Crippen molar-refractivity contribution in [3.8, 4) is 16.9 Å². The second kappa shape index (κ2) is 7.13. The Morgan fingerprint density at radius 2 is 1.96 bits per heavy atom. The standard InChI is InChI=1S/C20H17N3O3S/c1-23(16-9-6-12-26-16)20(24)22-19-21-17-15(25-2)11-10-14(18(17)27-19)13-7-4-3-5-8-13/h3-12H,1-2H3,(H,21,22,24). The fourth-order valence-electron chi connectivity index (χ4n) is 2.78. The van der Waals surface area contributed by atoms with E-state index in [9.17, 15) is 4.79 Å². The Labute approximate surface area is 160 Å². The number of benzene rings is 2. The molecule has 4 rings (SSSR count). The molecule has 0 saturated heterocycles. The van der Waals surface area contributed by atoms with E-state index in [4.69, 9.17) is 9.15 Å². The quantitative estimate of drug-likeness (QED) is 0.527. The van der Waals surface area contributed by atoms with Crippen LogP contribution in [0.4, 0.5) is 15.8 Å². The maximum atomic E-state index is 12.5. The van der Waals surface area contributed by atoms with E-state index in [0.29, 0.717) is 16.8 Å². The number of amides is 2. The number of carbonyl (C=O) groups excluding carboxylic acids is 1. The third kappa shape index (κ3) is 3.24. The monoisotopic (exact) mass is 379 g/mol. The third-order valence-corrected chi connectivity index (χ3v) is 5.17. The minimum Gasteiger partial charge on any atom is -0.494 e. The topological polar surface area (TPSA) is 67.6 Å². The summed E-state index contributed by atoms with van der Waals surface area (Å²) < 4.78 is 11.7. The number of rotatable bonds is 4. The van der Waals surface area contributed by atoms with Gasteiger partial charge in [0.05, 0.1) is 18.1 Å². The summed E-state index contributed by atoms with van der Waals surface area (Å²) in [7, 11) is 3.25. The number of fused-ring (bicyclic) bond motifs is 1. The Hall–Kier alpha value is -3.32. The maximum Gasteiger partial charge on any atom is 0.330 e. The SMILES string of the molecule is COc1ccc(-c2ccccc2)c2sc(NC(=O)N(C)c3ccco3)nc12. The van der Waals surface area contributed by atoms with Crippen LogP contribution in [0.3, 0.4) is 0 Å². The third-order valence-electron chi connectivity index (χ3n) is 4.17. The molecule has 1 N–H and O–H groups in total. The van der Waals surface area contributed by atoms with E-state index in [1.165, 1.54) is 22.5 Å². The van der Waals surface area contributed by atoms with Crippen LogP contribution in [0.5, 0.6) is 5.75 Å². The van der Waals surface area contributed by atoms with Crippen LogP contribution in [0, 0.1) is 0 Å². The number of nitrogens with zero attached hydrogens (tertiary/aromatic N) is 2. The molecule has 0 saturated carbocycles. The van der Waals surface area contributed by atoms with Crippen LogP contribution in [0.15, 0.2) is 65.3 Å². The number of ether oxygens (including phenoxy) is 1. The first-order valence-electron chi connectivity index (χ1n) is 8.28. The van der Waals surface area contributed by atoms with Crippen molar-refractivity contribution in [3.05, 3.63) is 60.9 Å². The summed E-state index contributed by atoms with van der Waals surface area (Å²) in [6, 6.07) is 17.1. The van der Waals surface area contributed by atoms with Crippen LogP contribution in [0.1, 0.15) is 0 Å². The predicted molar refractivity (Wildman–Crippen MR) is 108 cm³/mol. The second-order valence-corrected chi connectivity index (χ2v) is 6.82. The number of furan rings is 1. The van der Waals surface area contributed by atoms with Gasteiger partial charge < -0.3 is 9.15 Å². The Morgan fingerprint density at radius 1 is 1.15 bits per heavy atom. The highest BCUT2D eigenvalue weighted by molar-refractivity contribution is 7.23. The van der Waals surface area contributed by atoms with Gasteiger partial charge >= 0.3 is 6.03 Å². The largest absolute Gasteiger partial charge is 0.494 e. The van der Waals surface area contributed by atoms with Gasteiger partial charge in [-0.15, -0.1) is 0 Å². The molecule has 0 bridgehead atoms. The molecule has 4 aromatic rings. The van der Waals surface area contributed by atoms with Gasteiger partial charge in [0.1, 0.15) is 11.3 Å². The highest BCUT2D eigenvalue weighted by Crippen LogP contribution is 2.39. The number of carbonyl (C=O) groups is 1. The van der Waals surface area contributed by atoms with Gasteiger partial charge in [-0.1, -0.05) is 41.7 Å². The zero-order valence-electron chi connectivity index (χ0n) is 14.8. The fourth-order valence-corrected chi connectivity index (χ4v) is 3.79. The molecule has 0 fully saturated rings. The maximum absolute atomic E-state index is 12.5. The van der Waals surface area contributed by atoms with Crippen molar-refractivity contribution in [1.82, 2.24) is 4.98 Å². The van der Waals surface area contributed by atoms with Crippen molar-refractivity contribution >= 4 is 38.6 Å². The molecule has 27 heavy (non-hydrogen) atoms. The molecule has 2 heterocycles. The van der Waals surface area contributed by atoms with Crippen molar-refractivity contribution in [2.45, 2.75) is 0 Å². The second-order valence-electron chi connectivity index (χ2n) is 5.82. The van der Waals surface area contributed by atoms with Crippen molar-refractivity contribution in [3.63, 3.8) is 0 Å². The number of urea groups is 1. The molecule has 0 aliphatic rings. The zero-order valence-corrected chi connectivity index (χ0v) is 15.6. The summed E-state index contributed by atoms with van der Waals surface area (Å²) in [6.07, 6.45) is 1.52. The van der Waals surface area contributed by atoms with Crippen molar-refractivity contribution in [2.24, 2.45) is 0 Å². The Kier molecular flexibility index (Phi) is 4.52. The minimum absolute atomic E-state index is 0.329. The number of nitrogens with one attached hydrogen (secondary N) is 1. The van der Waals surface area contributed by atoms with Gasteiger partial charge in [0.2, 0.25) is 5.88 Å². The molecule has 6 nitrogen and oxygen atoms in total. The van der Waals surface area contributed by atoms with E-state index in [0.717, 1.165) is 21.3 Å². The predicted octanol–water partition coefficient (Wildman–Crippen LogP) is 5.23. The average Bonchev–Trinajstić information content (AvgIpc) is 3.37. The molecule has 0 spiro atoms. The molecular weight excluding hydrogens is 362 g/mol. The molecule has 0 unspecified atom stereocenters. The van der Waals surface area contributed by atoms with Gasteiger partial charge in [0.15, 0.2) is 5.13 Å². The van der Waals surface area contributed by atoms with E-state index in [1.807, 2.05) is 42.5 Å². The van der Waals surface area contributed by atoms with E-state index in [1.54, 1.807) is 26.3 Å². The van der Waals surface area contributed by atoms with Crippen LogP contribution >= 0.6 is 11.3 Å². The van der Waals surface area contributed by atoms with Crippen LogP contribution in [0.25, 0.3) is 21.3 Å². The summed E-state index contributed by atoms with van der Waals surface area (Å²) in [5, 5.41) is 3.32. The Bertz CT molecular complexity index is 1070. The molecule has 0 aliphatic heterocycles. The lowest BCUT2D eigenvalue weighted by Crippen LogP contribution is -2.30. The van der Waals surface area contributed by atoms with E-state index in [2.05, 4.69) is 10.3 Å². The number of anilines is 2. The number of thiazole rings is 1. The molecule has 0 radical (unpaired) electrons. The van der Waals surface area contributed by atoms with Crippen molar-refractivity contribution in [1.29, 1.82) is 0 Å². The van der Waals surface area contributed by atoms with Gasteiger partial charge in [-0.25, -0.2) is 9.78 Å². The molecule has 2 aromatic carbocycles. The molecule has 136 valence electrons. The van der Waals surface area contributed by atoms with Gasteiger partial charge in [0.25, 0.3) is 0 Å². The molecule has 0 aliphatic carbocycles. The average molecular weight is 379 g/mol. The molecule has 0 atom stereocenters. The fraction of sp³-hybridized carbons (Fsp3) is 0.100. The van der Waals surface area contributed by atoms with Crippen LogP contribution in [-0.4, -0.2) is 25.2 Å². The summed E-state index contributed by atoms with van der Waals surface area (Å²) in [5.41, 5.74) is 2.85. The lowest BCUT2D eigenvalue weighted by molar-refractivity contribution is 0.257. The number of hydrogen-bond acceptors (Lipinski definition) is 5. The first kappa shape index (κ1) is 17.1. The molecular formula is C20H17N3O3S. The smallest absolute Gasteiger partial charge is 0.330 e.